The van der Waals surface area contributed by atoms with Crippen LogP contribution < -0.4 is 19.5 Å². The second-order valence-electron chi connectivity index (χ2n) is 5.68. The van der Waals surface area contributed by atoms with Gasteiger partial charge in [-0.25, -0.2) is 9.97 Å². The van der Waals surface area contributed by atoms with Crippen molar-refractivity contribution in [3.8, 4) is 23.2 Å². The van der Waals surface area contributed by atoms with Gasteiger partial charge in [0.05, 0.1) is 21.3 Å². The Hall–Kier alpha value is -3.29. The van der Waals surface area contributed by atoms with Crippen LogP contribution in [0.3, 0.4) is 0 Å². The number of rotatable bonds is 6. The molecule has 0 aliphatic heterocycles. The van der Waals surface area contributed by atoms with Crippen LogP contribution >= 0.6 is 0 Å². The van der Waals surface area contributed by atoms with E-state index in [1.54, 1.807) is 33.5 Å². The molecule has 0 atom stereocenters. The molecule has 136 valence electrons. The molecule has 8 nitrogen and oxygen atoms in total. The van der Waals surface area contributed by atoms with Crippen molar-refractivity contribution >= 4 is 11.6 Å². The van der Waals surface area contributed by atoms with Crippen molar-refractivity contribution in [1.29, 1.82) is 0 Å². The van der Waals surface area contributed by atoms with Gasteiger partial charge in [-0.1, -0.05) is 0 Å². The summed E-state index contributed by atoms with van der Waals surface area (Å²) in [5.74, 6) is 2.56. The smallest absolute Gasteiger partial charge is 0.238 e. The molecule has 0 aliphatic rings. The van der Waals surface area contributed by atoms with Gasteiger partial charge in [-0.2, -0.15) is 4.98 Å². The summed E-state index contributed by atoms with van der Waals surface area (Å²) in [6.07, 6.45) is 3.45. The normalized spacial score (nSPS) is 10.5. The third kappa shape index (κ3) is 3.39. The van der Waals surface area contributed by atoms with Crippen molar-refractivity contribution in [2.24, 2.45) is 0 Å². The summed E-state index contributed by atoms with van der Waals surface area (Å²) >= 11 is 0. The molecule has 0 spiro atoms. The Morgan fingerprint density at radius 2 is 1.62 bits per heavy atom. The molecule has 0 amide bonds. The average Bonchev–Trinajstić information content (AvgIpc) is 2.99. The summed E-state index contributed by atoms with van der Waals surface area (Å²) in [7, 11) is 4.70. The third-order valence-electron chi connectivity index (χ3n) is 3.84. The maximum absolute atomic E-state index is 5.37. The Morgan fingerprint density at radius 1 is 0.923 bits per heavy atom. The fourth-order valence-corrected chi connectivity index (χ4v) is 2.70. The highest BCUT2D eigenvalue weighted by Gasteiger charge is 2.14. The van der Waals surface area contributed by atoms with Crippen LogP contribution in [-0.4, -0.2) is 40.8 Å². The van der Waals surface area contributed by atoms with Gasteiger partial charge in [-0.05, 0) is 25.5 Å². The second-order valence-corrected chi connectivity index (χ2v) is 5.68. The Labute approximate surface area is 151 Å². The lowest BCUT2D eigenvalue weighted by atomic mass is 10.2. The third-order valence-corrected chi connectivity index (χ3v) is 3.84. The van der Waals surface area contributed by atoms with Gasteiger partial charge in [0.15, 0.2) is 11.5 Å². The van der Waals surface area contributed by atoms with E-state index in [2.05, 4.69) is 26.3 Å². The molecule has 2 heterocycles. The minimum atomic E-state index is 0.412. The first-order valence-electron chi connectivity index (χ1n) is 7.97. The summed E-state index contributed by atoms with van der Waals surface area (Å²) in [5.41, 5.74) is 2.89. The Kier molecular flexibility index (Phi) is 4.92. The minimum absolute atomic E-state index is 0.412. The lowest BCUT2D eigenvalue weighted by molar-refractivity contribution is 0.324. The molecule has 1 aromatic carbocycles. The summed E-state index contributed by atoms with van der Waals surface area (Å²) in [5, 5.41) is 3.15. The molecule has 0 saturated heterocycles. The molecule has 0 fully saturated rings. The van der Waals surface area contributed by atoms with Crippen molar-refractivity contribution in [3.05, 3.63) is 42.0 Å². The number of hydrogen-bond acceptors (Lipinski definition) is 7. The van der Waals surface area contributed by atoms with Gasteiger partial charge in [0.2, 0.25) is 17.6 Å². The van der Waals surface area contributed by atoms with E-state index in [0.717, 1.165) is 11.3 Å². The monoisotopic (exact) mass is 355 g/mol. The SMILES string of the molecule is COc1cc(Nc2ncnc(-n3cc(C)cc3C)n2)cc(OC)c1OC. The van der Waals surface area contributed by atoms with Crippen molar-refractivity contribution < 1.29 is 14.2 Å². The molecule has 3 aromatic rings. The summed E-state index contributed by atoms with van der Waals surface area (Å²) in [6.45, 7) is 4.03. The molecule has 8 heteroatoms. The van der Waals surface area contributed by atoms with Crippen LogP contribution in [0.5, 0.6) is 17.2 Å². The number of benzene rings is 1. The lowest BCUT2D eigenvalue weighted by Gasteiger charge is -2.14. The molecule has 26 heavy (non-hydrogen) atoms. The molecule has 0 bridgehead atoms. The molecular formula is C18H21N5O3. The summed E-state index contributed by atoms with van der Waals surface area (Å²) < 4.78 is 18.0. The van der Waals surface area contributed by atoms with Crippen molar-refractivity contribution in [2.45, 2.75) is 13.8 Å². The maximum Gasteiger partial charge on any atom is 0.238 e. The largest absolute Gasteiger partial charge is 0.493 e. The number of methoxy groups -OCH3 is 3. The highest BCUT2D eigenvalue weighted by Crippen LogP contribution is 2.40. The molecule has 0 aliphatic carbocycles. The van der Waals surface area contributed by atoms with Crippen LogP contribution in [-0.2, 0) is 0 Å². The zero-order valence-corrected chi connectivity index (χ0v) is 15.4. The highest BCUT2D eigenvalue weighted by molar-refractivity contribution is 5.65. The Morgan fingerprint density at radius 3 is 2.15 bits per heavy atom. The fraction of sp³-hybridized carbons (Fsp3) is 0.278. The number of anilines is 2. The van der Waals surface area contributed by atoms with Crippen LogP contribution in [0.15, 0.2) is 30.7 Å². The predicted octanol–water partition coefficient (Wildman–Crippen LogP) is 3.05. The van der Waals surface area contributed by atoms with E-state index in [1.807, 2.05) is 24.6 Å². The van der Waals surface area contributed by atoms with E-state index >= 15 is 0 Å². The van der Waals surface area contributed by atoms with E-state index in [9.17, 15) is 0 Å². The van der Waals surface area contributed by atoms with Gasteiger partial charge in [0, 0.05) is 29.7 Å². The number of hydrogen-bond donors (Lipinski definition) is 1. The molecule has 0 unspecified atom stereocenters. The van der Waals surface area contributed by atoms with E-state index < -0.39 is 0 Å². The number of ether oxygens (including phenoxy) is 3. The molecule has 2 aromatic heterocycles. The lowest BCUT2D eigenvalue weighted by Crippen LogP contribution is -2.06. The maximum atomic E-state index is 5.37. The van der Waals surface area contributed by atoms with Crippen LogP contribution in [0.4, 0.5) is 11.6 Å². The van der Waals surface area contributed by atoms with Crippen LogP contribution in [0.25, 0.3) is 5.95 Å². The Balaban J connectivity index is 1.94. The summed E-state index contributed by atoms with van der Waals surface area (Å²) in [6, 6.07) is 5.64. The van der Waals surface area contributed by atoms with Crippen LogP contribution in [0.2, 0.25) is 0 Å². The first-order valence-corrected chi connectivity index (χ1v) is 7.97. The molecule has 1 N–H and O–H groups in total. The predicted molar refractivity (Wildman–Crippen MR) is 98.0 cm³/mol. The number of nitrogens with one attached hydrogen (secondary N) is 1. The Bertz CT molecular complexity index is 898. The first-order chi connectivity index (χ1) is 12.5. The van der Waals surface area contributed by atoms with E-state index in [4.69, 9.17) is 14.2 Å². The van der Waals surface area contributed by atoms with Crippen molar-refractivity contribution in [3.63, 3.8) is 0 Å². The fourth-order valence-electron chi connectivity index (χ4n) is 2.70. The number of aryl methyl sites for hydroxylation is 2. The van der Waals surface area contributed by atoms with Crippen molar-refractivity contribution in [2.75, 3.05) is 26.6 Å². The standard InChI is InChI=1S/C18H21N5O3/c1-11-6-12(2)23(9-11)18-20-10-19-17(22-18)21-13-7-14(24-3)16(26-5)15(8-13)25-4/h6-10H,1-5H3,(H,19,20,21,22). The first kappa shape index (κ1) is 17.5. The molecule has 0 saturated carbocycles. The van der Waals surface area contributed by atoms with Crippen molar-refractivity contribution in [1.82, 2.24) is 19.5 Å². The van der Waals surface area contributed by atoms with Gasteiger partial charge in [0.1, 0.15) is 6.33 Å². The molecular weight excluding hydrogens is 334 g/mol. The van der Waals surface area contributed by atoms with Crippen LogP contribution in [0.1, 0.15) is 11.3 Å². The van der Waals surface area contributed by atoms with Gasteiger partial charge in [0.25, 0.3) is 0 Å². The van der Waals surface area contributed by atoms with Gasteiger partial charge >= 0.3 is 0 Å². The van der Waals surface area contributed by atoms with Gasteiger partial charge in [-0.15, -0.1) is 0 Å². The number of aromatic nitrogens is 4. The molecule has 0 radical (unpaired) electrons. The zero-order valence-electron chi connectivity index (χ0n) is 15.4. The second kappa shape index (κ2) is 7.30. The van der Waals surface area contributed by atoms with Gasteiger partial charge in [-0.3, -0.25) is 4.57 Å². The molecule has 3 rings (SSSR count). The summed E-state index contributed by atoms with van der Waals surface area (Å²) in [4.78, 5) is 12.9. The highest BCUT2D eigenvalue weighted by atomic mass is 16.5. The van der Waals surface area contributed by atoms with Crippen LogP contribution in [0, 0.1) is 13.8 Å². The average molecular weight is 355 g/mol. The zero-order chi connectivity index (χ0) is 18.7. The topological polar surface area (TPSA) is 83.3 Å². The van der Waals surface area contributed by atoms with E-state index in [1.165, 1.54) is 6.33 Å². The minimum Gasteiger partial charge on any atom is -0.493 e. The van der Waals surface area contributed by atoms with E-state index in [-0.39, 0.29) is 0 Å². The van der Waals surface area contributed by atoms with E-state index in [0.29, 0.717) is 34.8 Å². The number of nitrogens with zero attached hydrogens (tertiary/aromatic N) is 4. The quantitative estimate of drug-likeness (QED) is 0.727. The van der Waals surface area contributed by atoms with Gasteiger partial charge < -0.3 is 19.5 Å².